The highest BCUT2D eigenvalue weighted by Gasteiger charge is 2.53. The van der Waals surface area contributed by atoms with Crippen molar-refractivity contribution in [3.63, 3.8) is 0 Å². The second kappa shape index (κ2) is 5.84. The van der Waals surface area contributed by atoms with Gasteiger partial charge in [-0.25, -0.2) is 9.78 Å². The molecule has 0 atom stereocenters. The number of anilines is 1. The van der Waals surface area contributed by atoms with Crippen LogP contribution >= 0.6 is 11.3 Å². The van der Waals surface area contributed by atoms with Gasteiger partial charge in [-0.2, -0.15) is 13.2 Å². The number of carbonyl (C=O) groups is 1. The van der Waals surface area contributed by atoms with Crippen LogP contribution in [-0.4, -0.2) is 18.1 Å². The molecule has 2 aromatic heterocycles. The summed E-state index contributed by atoms with van der Waals surface area (Å²) in [6.45, 7) is 0. The number of fused-ring (bicyclic) bond motifs is 1. The molecule has 4 fully saturated rings. The van der Waals surface area contributed by atoms with E-state index >= 15 is 0 Å². The monoisotopic (exact) mass is 410 g/mol. The number of ether oxygens (including phenoxy) is 1. The molecule has 150 valence electrons. The van der Waals surface area contributed by atoms with E-state index in [1.54, 1.807) is 0 Å². The number of thiophene rings is 1. The predicted octanol–water partition coefficient (Wildman–Crippen LogP) is 5.15. The van der Waals surface area contributed by atoms with E-state index in [0.29, 0.717) is 23.4 Å². The number of carbonyl (C=O) groups excluding carboxylic acids is 1. The fourth-order valence-electron chi connectivity index (χ4n) is 6.28. The lowest BCUT2D eigenvalue weighted by molar-refractivity contribution is -0.136. The summed E-state index contributed by atoms with van der Waals surface area (Å²) >= 11 is 0.894. The Hall–Kier alpha value is -1.83. The summed E-state index contributed by atoms with van der Waals surface area (Å²) < 4.78 is 46.5. The topological polar surface area (TPSA) is 65.2 Å². The molecule has 0 unspecified atom stereocenters. The molecule has 2 aromatic rings. The number of methoxy groups -OCH3 is 1. The standard InChI is InChI=1S/C20H21F3N2O2S/c1-27-18(26)16-15(24)14-12(20(21,22)23)5-13(25-17(14)28-16)19-6-9-2-10(7-19)4-11(3-9)8-19/h5,9-11H,2-4,6-8,24H2,1H3. The first kappa shape index (κ1) is 18.2. The number of esters is 1. The average Bonchev–Trinajstić information content (AvgIpc) is 2.95. The zero-order valence-corrected chi connectivity index (χ0v) is 16.3. The van der Waals surface area contributed by atoms with Crippen molar-refractivity contribution in [2.24, 2.45) is 17.8 Å². The number of hydrogen-bond donors (Lipinski definition) is 1. The van der Waals surface area contributed by atoms with Crippen molar-refractivity contribution >= 4 is 33.2 Å². The van der Waals surface area contributed by atoms with E-state index in [1.807, 2.05) is 0 Å². The Morgan fingerprint density at radius 1 is 1.21 bits per heavy atom. The van der Waals surface area contributed by atoms with Crippen molar-refractivity contribution < 1.29 is 22.7 Å². The van der Waals surface area contributed by atoms with Crippen molar-refractivity contribution in [1.82, 2.24) is 4.98 Å². The molecule has 28 heavy (non-hydrogen) atoms. The van der Waals surface area contributed by atoms with E-state index in [2.05, 4.69) is 9.72 Å². The third kappa shape index (κ3) is 2.56. The molecule has 0 radical (unpaired) electrons. The summed E-state index contributed by atoms with van der Waals surface area (Å²) in [5, 5.41) is -0.175. The largest absolute Gasteiger partial charge is 0.465 e. The Bertz CT molecular complexity index is 947. The van der Waals surface area contributed by atoms with Crippen LogP contribution < -0.4 is 5.73 Å². The van der Waals surface area contributed by atoms with Gasteiger partial charge in [0.2, 0.25) is 0 Å². The zero-order valence-electron chi connectivity index (χ0n) is 15.4. The lowest BCUT2D eigenvalue weighted by atomic mass is 9.48. The molecular formula is C20H21F3N2O2S. The third-order valence-corrected chi connectivity index (χ3v) is 8.04. The van der Waals surface area contributed by atoms with Crippen LogP contribution in [0.4, 0.5) is 18.9 Å². The van der Waals surface area contributed by atoms with Gasteiger partial charge < -0.3 is 10.5 Å². The van der Waals surface area contributed by atoms with Gasteiger partial charge in [-0.3, -0.25) is 0 Å². The Morgan fingerprint density at radius 3 is 2.29 bits per heavy atom. The number of hydrogen-bond acceptors (Lipinski definition) is 5. The number of nitrogens with two attached hydrogens (primary N) is 1. The first-order chi connectivity index (χ1) is 13.2. The van der Waals surface area contributed by atoms with Crippen LogP contribution in [0.2, 0.25) is 0 Å². The normalized spacial score (nSPS) is 31.5. The van der Waals surface area contributed by atoms with E-state index in [1.165, 1.54) is 32.4 Å². The van der Waals surface area contributed by atoms with E-state index in [9.17, 15) is 18.0 Å². The molecule has 0 amide bonds. The minimum atomic E-state index is -4.57. The molecule has 4 aliphatic carbocycles. The van der Waals surface area contributed by atoms with Gasteiger partial charge in [0.25, 0.3) is 0 Å². The third-order valence-electron chi connectivity index (χ3n) is 6.96. The van der Waals surface area contributed by atoms with Crippen molar-refractivity contribution in [1.29, 1.82) is 0 Å². The van der Waals surface area contributed by atoms with Crippen molar-refractivity contribution in [3.05, 3.63) is 22.2 Å². The predicted molar refractivity (Wildman–Crippen MR) is 100 cm³/mol. The summed E-state index contributed by atoms with van der Waals surface area (Å²) in [5.41, 5.74) is 5.22. The van der Waals surface area contributed by atoms with Gasteiger partial charge >= 0.3 is 12.1 Å². The average molecular weight is 410 g/mol. The highest BCUT2D eigenvalue weighted by Crippen LogP contribution is 2.61. The SMILES string of the molecule is COC(=O)c1sc2nc(C34CC5CC(CC(C5)C3)C4)cc(C(F)(F)F)c2c1N. The molecule has 4 aliphatic rings. The molecular weight excluding hydrogens is 389 g/mol. The molecule has 8 heteroatoms. The maximum atomic E-state index is 13.9. The van der Waals surface area contributed by atoms with Gasteiger partial charge in [-0.1, -0.05) is 0 Å². The molecule has 6 rings (SSSR count). The van der Waals surface area contributed by atoms with Crippen LogP contribution in [0, 0.1) is 17.8 Å². The van der Waals surface area contributed by atoms with Gasteiger partial charge in [0.15, 0.2) is 0 Å². The smallest absolute Gasteiger partial charge is 0.417 e. The summed E-state index contributed by atoms with van der Waals surface area (Å²) in [5.74, 6) is 1.05. The van der Waals surface area contributed by atoms with Gasteiger partial charge in [-0.05, 0) is 62.3 Å². The number of halogens is 3. The summed E-state index contributed by atoms with van der Waals surface area (Å²) in [4.78, 5) is 16.8. The molecule has 4 nitrogen and oxygen atoms in total. The van der Waals surface area contributed by atoms with Crippen LogP contribution in [0.1, 0.15) is 59.5 Å². The first-order valence-corrected chi connectivity index (χ1v) is 10.4. The Kier molecular flexibility index (Phi) is 3.80. The molecule has 4 bridgehead atoms. The van der Waals surface area contributed by atoms with Gasteiger partial charge in [0.1, 0.15) is 9.71 Å². The molecule has 0 spiro atoms. The second-order valence-electron chi connectivity index (χ2n) is 8.77. The lowest BCUT2D eigenvalue weighted by Crippen LogP contribution is -2.49. The van der Waals surface area contributed by atoms with E-state index in [4.69, 9.17) is 5.73 Å². The quantitative estimate of drug-likeness (QED) is 0.696. The maximum Gasteiger partial charge on any atom is 0.417 e. The molecule has 4 saturated carbocycles. The number of aromatic nitrogens is 1. The minimum absolute atomic E-state index is 0.0156. The summed E-state index contributed by atoms with van der Waals surface area (Å²) in [6, 6.07) is 1.21. The van der Waals surface area contributed by atoms with E-state index in [-0.39, 0.29) is 26.2 Å². The van der Waals surface area contributed by atoms with Crippen molar-refractivity contribution in [2.45, 2.75) is 50.1 Å². The van der Waals surface area contributed by atoms with Crippen LogP contribution in [0.5, 0.6) is 0 Å². The number of alkyl halides is 3. The van der Waals surface area contributed by atoms with E-state index < -0.39 is 17.7 Å². The number of pyridine rings is 1. The number of nitrogens with zero attached hydrogens (tertiary/aromatic N) is 1. The Balaban J connectivity index is 1.72. The fourth-order valence-corrected chi connectivity index (χ4v) is 7.32. The van der Waals surface area contributed by atoms with E-state index in [0.717, 1.165) is 30.6 Å². The Labute approximate surface area is 164 Å². The molecule has 2 heterocycles. The maximum absolute atomic E-state index is 13.9. The molecule has 0 saturated heterocycles. The van der Waals surface area contributed by atoms with Crippen molar-refractivity contribution in [2.75, 3.05) is 12.8 Å². The highest BCUT2D eigenvalue weighted by atomic mass is 32.1. The highest BCUT2D eigenvalue weighted by molar-refractivity contribution is 7.21. The number of nitrogen functional groups attached to an aromatic ring is 1. The van der Waals surface area contributed by atoms with Crippen LogP contribution in [-0.2, 0) is 16.3 Å². The minimum Gasteiger partial charge on any atom is -0.465 e. The zero-order chi connectivity index (χ0) is 19.8. The summed E-state index contributed by atoms with van der Waals surface area (Å²) in [7, 11) is 1.19. The van der Waals surface area contributed by atoms with Crippen molar-refractivity contribution in [3.8, 4) is 0 Å². The van der Waals surface area contributed by atoms with Gasteiger partial charge in [0.05, 0.1) is 18.4 Å². The molecule has 2 N–H and O–H groups in total. The summed E-state index contributed by atoms with van der Waals surface area (Å²) in [6.07, 6.45) is 1.78. The van der Waals surface area contributed by atoms with Gasteiger partial charge in [-0.15, -0.1) is 11.3 Å². The lowest BCUT2D eigenvalue weighted by Gasteiger charge is -2.56. The molecule has 0 aromatic carbocycles. The van der Waals surface area contributed by atoms with Crippen LogP contribution in [0.15, 0.2) is 6.07 Å². The fraction of sp³-hybridized carbons (Fsp3) is 0.600. The van der Waals surface area contributed by atoms with Crippen LogP contribution in [0.3, 0.4) is 0 Å². The van der Waals surface area contributed by atoms with Gasteiger partial charge in [0, 0.05) is 16.5 Å². The Morgan fingerprint density at radius 2 is 1.79 bits per heavy atom. The molecule has 0 aliphatic heterocycles. The van der Waals surface area contributed by atoms with Crippen LogP contribution in [0.25, 0.3) is 10.2 Å². The number of rotatable bonds is 2. The second-order valence-corrected chi connectivity index (χ2v) is 9.77. The first-order valence-electron chi connectivity index (χ1n) is 9.59.